The summed E-state index contributed by atoms with van der Waals surface area (Å²) in [5.74, 6) is 0.393. The van der Waals surface area contributed by atoms with E-state index in [0.717, 1.165) is 62.8 Å². The molecule has 46 heavy (non-hydrogen) atoms. The Balaban J connectivity index is 1.39. The van der Waals surface area contributed by atoms with Crippen LogP contribution in [0.25, 0.3) is 55.3 Å². The maximum atomic E-state index is 6.48. The zero-order chi connectivity index (χ0) is 30.6. The number of benzene rings is 5. The molecule has 0 radical (unpaired) electrons. The highest BCUT2D eigenvalue weighted by atomic mass is 32.1. The first-order chi connectivity index (χ1) is 22.8. The topological polar surface area (TPSA) is 22.8 Å². The van der Waals surface area contributed by atoms with Crippen LogP contribution < -0.4 is 0 Å². The molecule has 9 rings (SSSR count). The predicted molar refractivity (Wildman–Crippen MR) is 193 cm³/mol. The molecule has 220 valence electrons. The Hall–Kier alpha value is -5.32. The molecule has 0 fully saturated rings. The lowest BCUT2D eigenvalue weighted by Crippen LogP contribution is -2.04. The fourth-order valence-electron chi connectivity index (χ4n) is 7.61. The van der Waals surface area contributed by atoms with Gasteiger partial charge < -0.3 is 9.13 Å². The Labute approximate surface area is 273 Å². The molecule has 1 atom stereocenters. The van der Waals surface area contributed by atoms with Crippen LogP contribution in [-0.4, -0.2) is 14.1 Å². The zero-order valence-electron chi connectivity index (χ0n) is 25.3. The van der Waals surface area contributed by atoms with E-state index in [1.54, 1.807) is 0 Å². The highest BCUT2D eigenvalue weighted by molar-refractivity contribution is 7.71. The van der Waals surface area contributed by atoms with E-state index in [4.69, 9.17) is 17.2 Å². The Morgan fingerprint density at radius 2 is 1.33 bits per heavy atom. The number of nitrogens with zero attached hydrogens (tertiary/aromatic N) is 3. The molecule has 0 bridgehead atoms. The van der Waals surface area contributed by atoms with Gasteiger partial charge in [0.2, 0.25) is 0 Å². The third-order valence-corrected chi connectivity index (χ3v) is 10.0. The number of hydrogen-bond acceptors (Lipinski definition) is 2. The van der Waals surface area contributed by atoms with Gasteiger partial charge in [0.1, 0.15) is 4.64 Å². The summed E-state index contributed by atoms with van der Waals surface area (Å²) in [4.78, 5) is 5.06. The standard InChI is InChI=1S/C42H31N3S/c46-42-39-36-27-35-30(23-22-29(25-28-13-4-1-5-14-28)33-20-12-24-43-40(33)35)26-38(36)44(31-15-6-2-7-16-31)41(39)34-19-10-11-21-37(34)45(42)32-17-8-3-9-18-32/h1-21,24,26-27,29H,22-23,25H2. The van der Waals surface area contributed by atoms with E-state index >= 15 is 0 Å². The molecule has 1 aliphatic rings. The summed E-state index contributed by atoms with van der Waals surface area (Å²) in [6.07, 6.45) is 5.01. The number of aryl methyl sites for hydroxylation is 1. The van der Waals surface area contributed by atoms with Crippen molar-refractivity contribution in [3.63, 3.8) is 0 Å². The van der Waals surface area contributed by atoms with Gasteiger partial charge in [-0.05, 0) is 90.4 Å². The molecule has 1 aliphatic carbocycles. The van der Waals surface area contributed by atoms with Crippen LogP contribution in [0, 0.1) is 4.64 Å². The van der Waals surface area contributed by atoms with Crippen molar-refractivity contribution in [3.05, 3.63) is 167 Å². The second-order valence-electron chi connectivity index (χ2n) is 12.3. The maximum Gasteiger partial charge on any atom is 0.121 e. The predicted octanol–water partition coefficient (Wildman–Crippen LogP) is 10.8. The molecule has 0 spiro atoms. The maximum absolute atomic E-state index is 6.48. The van der Waals surface area contributed by atoms with Gasteiger partial charge in [0.25, 0.3) is 0 Å². The van der Waals surface area contributed by atoms with Gasteiger partial charge in [0.15, 0.2) is 0 Å². The van der Waals surface area contributed by atoms with Crippen LogP contribution in [0.3, 0.4) is 0 Å². The van der Waals surface area contributed by atoms with E-state index in [0.29, 0.717) is 5.92 Å². The van der Waals surface area contributed by atoms with Gasteiger partial charge in [-0.15, -0.1) is 0 Å². The fraction of sp³-hybridized carbons (Fsp3) is 0.0952. The highest BCUT2D eigenvalue weighted by Crippen LogP contribution is 2.44. The summed E-state index contributed by atoms with van der Waals surface area (Å²) in [5.41, 5.74) is 12.0. The first kappa shape index (κ1) is 27.0. The third-order valence-electron chi connectivity index (χ3n) is 9.66. The molecule has 0 amide bonds. The number of rotatable bonds is 4. The Bertz CT molecular complexity index is 2460. The van der Waals surface area contributed by atoms with E-state index in [1.807, 2.05) is 6.20 Å². The number of aromatic nitrogens is 3. The average Bonchev–Trinajstić information content (AvgIpc) is 3.37. The summed E-state index contributed by atoms with van der Waals surface area (Å²) in [5, 5.41) is 3.43. The molecule has 0 saturated carbocycles. The van der Waals surface area contributed by atoms with Crippen molar-refractivity contribution in [2.24, 2.45) is 0 Å². The van der Waals surface area contributed by atoms with Gasteiger partial charge in [0.05, 0.1) is 22.2 Å². The van der Waals surface area contributed by atoms with Gasteiger partial charge in [-0.25, -0.2) is 0 Å². The summed E-state index contributed by atoms with van der Waals surface area (Å²) < 4.78 is 5.50. The second kappa shape index (κ2) is 10.9. The van der Waals surface area contributed by atoms with Gasteiger partial charge >= 0.3 is 0 Å². The quantitative estimate of drug-likeness (QED) is 0.185. The summed E-state index contributed by atoms with van der Waals surface area (Å²) in [7, 11) is 0. The molecule has 3 aromatic heterocycles. The van der Waals surface area contributed by atoms with E-state index in [9.17, 15) is 0 Å². The van der Waals surface area contributed by atoms with Crippen molar-refractivity contribution in [1.29, 1.82) is 0 Å². The molecule has 0 aliphatic heterocycles. The number of hydrogen-bond donors (Lipinski definition) is 0. The van der Waals surface area contributed by atoms with E-state index in [-0.39, 0.29) is 0 Å². The first-order valence-corrected chi connectivity index (χ1v) is 16.4. The lowest BCUT2D eigenvalue weighted by atomic mass is 9.88. The van der Waals surface area contributed by atoms with Crippen LogP contribution in [-0.2, 0) is 12.8 Å². The van der Waals surface area contributed by atoms with Crippen molar-refractivity contribution in [3.8, 4) is 22.6 Å². The molecule has 8 aromatic rings. The SMILES string of the molecule is S=c1c2c3cc4c(cc3n(-c3ccccc3)c2c2ccccc2n1-c1ccccc1)CCC(Cc1ccccc1)c1cccnc1-4. The van der Waals surface area contributed by atoms with Gasteiger partial charge in [-0.2, -0.15) is 0 Å². The van der Waals surface area contributed by atoms with Crippen molar-refractivity contribution in [1.82, 2.24) is 14.1 Å². The van der Waals surface area contributed by atoms with Gasteiger partial charge in [-0.3, -0.25) is 4.98 Å². The summed E-state index contributed by atoms with van der Waals surface area (Å²) in [6, 6.07) is 50.0. The smallest absolute Gasteiger partial charge is 0.121 e. The molecule has 0 saturated heterocycles. The number of para-hydroxylation sites is 3. The largest absolute Gasteiger partial charge is 0.308 e. The van der Waals surface area contributed by atoms with E-state index in [2.05, 4.69) is 149 Å². The Morgan fingerprint density at radius 3 is 2.09 bits per heavy atom. The molecular formula is C42H31N3S. The Morgan fingerprint density at radius 1 is 0.652 bits per heavy atom. The summed E-state index contributed by atoms with van der Waals surface area (Å²) in [6.45, 7) is 0. The number of fused-ring (bicyclic) bond motifs is 8. The lowest BCUT2D eigenvalue weighted by Gasteiger charge is -2.17. The van der Waals surface area contributed by atoms with Gasteiger partial charge in [-0.1, -0.05) is 103 Å². The van der Waals surface area contributed by atoms with Crippen LogP contribution in [0.15, 0.2) is 146 Å². The highest BCUT2D eigenvalue weighted by Gasteiger charge is 2.27. The second-order valence-corrected chi connectivity index (χ2v) is 12.7. The third kappa shape index (κ3) is 4.25. The van der Waals surface area contributed by atoms with Crippen LogP contribution in [0.4, 0.5) is 0 Å². The first-order valence-electron chi connectivity index (χ1n) is 16.0. The van der Waals surface area contributed by atoms with Crippen LogP contribution in [0.1, 0.15) is 29.0 Å². The molecule has 1 unspecified atom stereocenters. The molecule has 3 heterocycles. The molecule has 0 N–H and O–H groups in total. The van der Waals surface area contributed by atoms with Crippen molar-refractivity contribution in [2.75, 3.05) is 0 Å². The van der Waals surface area contributed by atoms with Crippen molar-refractivity contribution in [2.45, 2.75) is 25.2 Å². The van der Waals surface area contributed by atoms with Crippen LogP contribution in [0.5, 0.6) is 0 Å². The van der Waals surface area contributed by atoms with E-state index in [1.165, 1.54) is 33.2 Å². The van der Waals surface area contributed by atoms with Crippen LogP contribution in [0.2, 0.25) is 0 Å². The number of pyridine rings is 2. The average molecular weight is 610 g/mol. The van der Waals surface area contributed by atoms with Crippen LogP contribution >= 0.6 is 12.2 Å². The Kier molecular flexibility index (Phi) is 6.43. The monoisotopic (exact) mass is 609 g/mol. The molecule has 4 heteroatoms. The molecule has 3 nitrogen and oxygen atoms in total. The normalized spacial score (nSPS) is 14.3. The summed E-state index contributed by atoms with van der Waals surface area (Å²) >= 11 is 6.48. The van der Waals surface area contributed by atoms with E-state index < -0.39 is 0 Å². The molecule has 5 aromatic carbocycles. The van der Waals surface area contributed by atoms with Crippen molar-refractivity contribution < 1.29 is 0 Å². The zero-order valence-corrected chi connectivity index (χ0v) is 26.1. The lowest BCUT2D eigenvalue weighted by molar-refractivity contribution is 0.627. The molecular weight excluding hydrogens is 579 g/mol. The minimum absolute atomic E-state index is 0.393. The minimum atomic E-state index is 0.393. The van der Waals surface area contributed by atoms with Gasteiger partial charge in [0, 0.05) is 39.3 Å². The fourth-order valence-corrected chi connectivity index (χ4v) is 8.02. The van der Waals surface area contributed by atoms with Crippen molar-refractivity contribution >= 4 is 44.9 Å². The minimum Gasteiger partial charge on any atom is -0.308 e.